The van der Waals surface area contributed by atoms with Crippen molar-refractivity contribution in [2.24, 2.45) is 5.92 Å². The number of hydrogen-bond acceptors (Lipinski definition) is 0. The van der Waals surface area contributed by atoms with Gasteiger partial charge in [-0.1, -0.05) is 33.6 Å². The number of rotatable bonds is 2. The van der Waals surface area contributed by atoms with Crippen LogP contribution in [0.2, 0.25) is 0 Å². The zero-order chi connectivity index (χ0) is 4.99. The molecule has 0 saturated carbocycles. The molecule has 0 nitrogen and oxygen atoms in total. The van der Waals surface area contributed by atoms with E-state index >= 15 is 0 Å². The molecule has 0 heterocycles. The molecule has 0 aromatic rings. The Kier molecular flexibility index (Phi) is 9.80. The van der Waals surface area contributed by atoms with Gasteiger partial charge >= 0.3 is 0 Å². The molecule has 0 unspecified atom stereocenters. The Morgan fingerprint density at radius 2 is 1.43 bits per heavy atom. The lowest BCUT2D eigenvalue weighted by Gasteiger charge is -1.98. The van der Waals surface area contributed by atoms with Crippen molar-refractivity contribution in [2.75, 3.05) is 0 Å². The molecule has 0 aromatic carbocycles. The van der Waals surface area contributed by atoms with Crippen LogP contribution in [0.25, 0.3) is 0 Å². The van der Waals surface area contributed by atoms with E-state index in [1.54, 1.807) is 0 Å². The summed E-state index contributed by atoms with van der Waals surface area (Å²) in [5, 5.41) is 0. The summed E-state index contributed by atoms with van der Waals surface area (Å²) >= 11 is 0. The molecule has 0 bridgehead atoms. The van der Waals surface area contributed by atoms with Crippen LogP contribution in [0, 0.1) is 5.92 Å². The lowest BCUT2D eigenvalue weighted by atomic mass is 10.1. The van der Waals surface area contributed by atoms with Crippen LogP contribution in [0.3, 0.4) is 0 Å². The fourth-order valence-electron chi connectivity index (χ4n) is 0.289. The van der Waals surface area contributed by atoms with Crippen LogP contribution in [0.5, 0.6) is 0 Å². The Bertz CT molecular complexity index is 23.4. The van der Waals surface area contributed by atoms with Gasteiger partial charge in [0.1, 0.15) is 0 Å². The highest BCUT2D eigenvalue weighted by atomic mass is 27.0. The average molecular weight is 116 g/mol. The van der Waals surface area contributed by atoms with E-state index in [9.17, 15) is 0 Å². The highest BCUT2D eigenvalue weighted by molar-refractivity contribution is 5.75. The maximum absolute atomic E-state index is 2.28. The second kappa shape index (κ2) is 6.53. The summed E-state index contributed by atoms with van der Waals surface area (Å²) in [6.07, 6.45) is 2.66. The van der Waals surface area contributed by atoms with Crippen LogP contribution in [-0.2, 0) is 0 Å². The average Bonchev–Trinajstić information content (AvgIpc) is 1.65. The van der Waals surface area contributed by atoms with Gasteiger partial charge in [-0.05, 0) is 5.92 Å². The molecule has 0 aliphatic rings. The first kappa shape index (κ1) is 10.5. The Morgan fingerprint density at radius 3 is 1.43 bits per heavy atom. The van der Waals surface area contributed by atoms with Crippen molar-refractivity contribution in [3.8, 4) is 0 Å². The van der Waals surface area contributed by atoms with Gasteiger partial charge in [-0.3, -0.25) is 0 Å². The first-order valence-electron chi connectivity index (χ1n) is 2.81. The van der Waals surface area contributed by atoms with E-state index in [0.717, 1.165) is 5.92 Å². The third-order valence-electron chi connectivity index (χ3n) is 1.39. The van der Waals surface area contributed by atoms with Gasteiger partial charge < -0.3 is 0 Å². The molecule has 0 spiro atoms. The van der Waals surface area contributed by atoms with Crippen molar-refractivity contribution in [2.45, 2.75) is 33.6 Å². The molecule has 0 atom stereocenters. The molecule has 44 valence electrons. The van der Waals surface area contributed by atoms with Crippen LogP contribution < -0.4 is 0 Å². The highest BCUT2D eigenvalue weighted by Crippen LogP contribution is 2.02. The maximum atomic E-state index is 2.28. The summed E-state index contributed by atoms with van der Waals surface area (Å²) in [5.41, 5.74) is 0. The smallest absolute Gasteiger partial charge is 0.0651 e. The van der Waals surface area contributed by atoms with Gasteiger partial charge in [-0.25, -0.2) is 0 Å². The van der Waals surface area contributed by atoms with Crippen LogP contribution >= 0.6 is 0 Å². The van der Waals surface area contributed by atoms with Crippen molar-refractivity contribution in [3.05, 3.63) is 0 Å². The fraction of sp³-hybridized carbons (Fsp3) is 1.00. The monoisotopic (exact) mass is 116 g/mol. The largest absolute Gasteiger partial charge is 0.187 e. The Labute approximate surface area is 57.4 Å². The van der Waals surface area contributed by atoms with Gasteiger partial charge in [-0.2, -0.15) is 0 Å². The number of hydrogen-bond donors (Lipinski definition) is 0. The molecule has 0 fully saturated rings. The summed E-state index contributed by atoms with van der Waals surface area (Å²) < 4.78 is 0. The third kappa shape index (κ3) is 6.53. The summed E-state index contributed by atoms with van der Waals surface area (Å²) in [6.45, 7) is 6.74. The van der Waals surface area contributed by atoms with E-state index in [1.165, 1.54) is 12.8 Å². The molecule has 0 radical (unpaired) electrons. The highest BCUT2D eigenvalue weighted by Gasteiger charge is 1.88. The summed E-state index contributed by atoms with van der Waals surface area (Å²) in [7, 11) is 0. The van der Waals surface area contributed by atoms with Crippen molar-refractivity contribution in [1.29, 1.82) is 0 Å². The standard InChI is InChI=1S/C6H14.Al.3H/c1-4-6(3)5-2;;;;/h6H,4-5H2,1-3H3;;;;. The normalized spacial score (nSPS) is 8.57. The van der Waals surface area contributed by atoms with E-state index in [2.05, 4.69) is 20.8 Å². The van der Waals surface area contributed by atoms with Crippen molar-refractivity contribution >= 4 is 17.4 Å². The van der Waals surface area contributed by atoms with Gasteiger partial charge in [0.2, 0.25) is 0 Å². The molecule has 7 heavy (non-hydrogen) atoms. The molecule has 0 N–H and O–H groups in total. The zero-order valence-corrected chi connectivity index (χ0v) is 4.99. The molecular formula is C6H17Al. The molecule has 0 aliphatic heterocycles. The minimum absolute atomic E-state index is 0. The Balaban J connectivity index is 0. The van der Waals surface area contributed by atoms with Crippen LogP contribution in [-0.4, -0.2) is 17.4 Å². The predicted octanol–water partition coefficient (Wildman–Crippen LogP) is 1.26. The SMILES string of the molecule is CCC(C)CC.[AlH3]. The Morgan fingerprint density at radius 1 is 1.14 bits per heavy atom. The first-order valence-corrected chi connectivity index (χ1v) is 2.81. The first-order chi connectivity index (χ1) is 2.81. The van der Waals surface area contributed by atoms with E-state index in [4.69, 9.17) is 0 Å². The van der Waals surface area contributed by atoms with Crippen LogP contribution in [0.15, 0.2) is 0 Å². The molecule has 0 aromatic heterocycles. The lowest BCUT2D eigenvalue weighted by molar-refractivity contribution is 0.544. The van der Waals surface area contributed by atoms with Gasteiger partial charge in [0.15, 0.2) is 17.4 Å². The van der Waals surface area contributed by atoms with Gasteiger partial charge in [0.25, 0.3) is 0 Å². The predicted molar refractivity (Wildman–Crippen MR) is 39.7 cm³/mol. The zero-order valence-electron chi connectivity index (χ0n) is 4.99. The summed E-state index contributed by atoms with van der Waals surface area (Å²) in [6, 6.07) is 0. The minimum atomic E-state index is 0. The van der Waals surface area contributed by atoms with Crippen LogP contribution in [0.1, 0.15) is 33.6 Å². The molecule has 0 aliphatic carbocycles. The second-order valence-corrected chi connectivity index (χ2v) is 1.92. The molecular weight excluding hydrogens is 99.0 g/mol. The van der Waals surface area contributed by atoms with Gasteiger partial charge in [0, 0.05) is 0 Å². The van der Waals surface area contributed by atoms with E-state index in [1.807, 2.05) is 0 Å². The van der Waals surface area contributed by atoms with Gasteiger partial charge in [-0.15, -0.1) is 0 Å². The maximum Gasteiger partial charge on any atom is 0.187 e. The van der Waals surface area contributed by atoms with Crippen molar-refractivity contribution in [1.82, 2.24) is 0 Å². The van der Waals surface area contributed by atoms with Crippen molar-refractivity contribution in [3.63, 3.8) is 0 Å². The lowest BCUT2D eigenvalue weighted by Crippen LogP contribution is -1.85. The molecule has 0 rings (SSSR count). The van der Waals surface area contributed by atoms with Crippen LogP contribution in [0.4, 0.5) is 0 Å². The van der Waals surface area contributed by atoms with Crippen molar-refractivity contribution < 1.29 is 0 Å². The summed E-state index contributed by atoms with van der Waals surface area (Å²) in [4.78, 5) is 0. The Hall–Kier alpha value is 0.532. The fourth-order valence-corrected chi connectivity index (χ4v) is 0.289. The summed E-state index contributed by atoms with van der Waals surface area (Å²) in [5.74, 6) is 0.935. The van der Waals surface area contributed by atoms with E-state index in [0.29, 0.717) is 0 Å². The minimum Gasteiger partial charge on any atom is -0.0651 e. The molecule has 1 heteroatoms. The van der Waals surface area contributed by atoms with Gasteiger partial charge in [0.05, 0.1) is 0 Å². The topological polar surface area (TPSA) is 0 Å². The molecule has 0 saturated heterocycles. The van der Waals surface area contributed by atoms with E-state index < -0.39 is 0 Å². The molecule has 0 amide bonds. The van der Waals surface area contributed by atoms with E-state index in [-0.39, 0.29) is 17.4 Å². The third-order valence-corrected chi connectivity index (χ3v) is 1.39. The second-order valence-electron chi connectivity index (χ2n) is 1.92. The quantitative estimate of drug-likeness (QED) is 0.476.